The number of hydrogen-bond donors (Lipinski definition) is 3. The molecular weight excluding hydrogens is 1230 g/mol. The highest BCUT2D eigenvalue weighted by Gasteiger charge is 2.30. The second kappa shape index (κ2) is 66.9. The minimum atomic E-state index is -4.96. The van der Waals surface area contributed by atoms with E-state index in [1.807, 2.05) is 0 Å². The van der Waals surface area contributed by atoms with Crippen LogP contribution in [0, 0.1) is 11.8 Å². The summed E-state index contributed by atoms with van der Waals surface area (Å²) in [5.74, 6) is -0.630. The average Bonchev–Trinajstić information content (AvgIpc) is 1.33. The quantitative estimate of drug-likeness (QED) is 0.0222. The Morgan fingerprint density at radius 1 is 0.287 bits per heavy atom. The zero-order chi connectivity index (χ0) is 69.3. The topological polar surface area (TPSA) is 237 Å². The van der Waals surface area contributed by atoms with Gasteiger partial charge in [-0.3, -0.25) is 37.3 Å². The van der Waals surface area contributed by atoms with Crippen molar-refractivity contribution in [1.29, 1.82) is 0 Å². The molecule has 2 unspecified atom stereocenters. The first-order valence-electron chi connectivity index (χ1n) is 39.0. The number of esters is 4. The van der Waals surface area contributed by atoms with Gasteiger partial charge >= 0.3 is 39.5 Å². The maximum Gasteiger partial charge on any atom is 0.472 e. The largest absolute Gasteiger partial charge is 0.472 e. The maximum absolute atomic E-state index is 13.1. The van der Waals surface area contributed by atoms with Crippen LogP contribution in [0.15, 0.2) is 0 Å². The minimum absolute atomic E-state index is 0.103. The number of carbonyl (C=O) groups is 4. The zero-order valence-electron chi connectivity index (χ0n) is 61.3. The molecule has 17 nitrogen and oxygen atoms in total. The van der Waals surface area contributed by atoms with Gasteiger partial charge in [0, 0.05) is 25.7 Å². The number of phosphoric acid groups is 2. The van der Waals surface area contributed by atoms with Crippen molar-refractivity contribution in [2.24, 2.45) is 11.8 Å². The molecule has 0 aromatic carbocycles. The molecule has 0 spiro atoms. The second-order valence-corrected chi connectivity index (χ2v) is 30.9. The van der Waals surface area contributed by atoms with Crippen LogP contribution < -0.4 is 0 Å². The molecule has 19 heteroatoms. The van der Waals surface area contributed by atoms with Crippen molar-refractivity contribution >= 4 is 39.5 Å². The van der Waals surface area contributed by atoms with Gasteiger partial charge in [-0.1, -0.05) is 337 Å². The molecule has 94 heavy (non-hydrogen) atoms. The van der Waals surface area contributed by atoms with Gasteiger partial charge in [-0.25, -0.2) is 9.13 Å². The third kappa shape index (κ3) is 68.6. The molecule has 0 aliphatic carbocycles. The van der Waals surface area contributed by atoms with Crippen LogP contribution in [0.4, 0.5) is 0 Å². The van der Waals surface area contributed by atoms with Gasteiger partial charge in [0.2, 0.25) is 0 Å². The number of hydrogen-bond acceptors (Lipinski definition) is 15. The van der Waals surface area contributed by atoms with Crippen molar-refractivity contribution in [3.63, 3.8) is 0 Å². The summed E-state index contributed by atoms with van der Waals surface area (Å²) in [4.78, 5) is 72.6. The highest BCUT2D eigenvalue weighted by molar-refractivity contribution is 7.47. The van der Waals surface area contributed by atoms with Gasteiger partial charge in [0.1, 0.15) is 19.3 Å². The lowest BCUT2D eigenvalue weighted by Gasteiger charge is -2.21. The molecule has 0 saturated carbocycles. The van der Waals surface area contributed by atoms with E-state index in [0.29, 0.717) is 31.6 Å². The summed E-state index contributed by atoms with van der Waals surface area (Å²) in [5.41, 5.74) is 0. The zero-order valence-corrected chi connectivity index (χ0v) is 63.1. The van der Waals surface area contributed by atoms with E-state index in [1.165, 1.54) is 193 Å². The lowest BCUT2D eigenvalue weighted by atomic mass is 10.0. The van der Waals surface area contributed by atoms with Gasteiger partial charge in [0.25, 0.3) is 0 Å². The Balaban J connectivity index is 5.16. The highest BCUT2D eigenvalue weighted by Crippen LogP contribution is 2.45. The van der Waals surface area contributed by atoms with E-state index in [9.17, 15) is 43.2 Å². The molecule has 0 saturated heterocycles. The Labute approximate surface area is 575 Å². The molecule has 558 valence electrons. The molecule has 0 aliphatic heterocycles. The first-order valence-corrected chi connectivity index (χ1v) is 42.0. The maximum atomic E-state index is 13.1. The van der Waals surface area contributed by atoms with E-state index in [4.69, 9.17) is 37.0 Å². The molecule has 0 aliphatic rings. The molecule has 5 atom stereocenters. The fourth-order valence-electron chi connectivity index (χ4n) is 11.5. The van der Waals surface area contributed by atoms with Crippen LogP contribution in [0.5, 0.6) is 0 Å². The highest BCUT2D eigenvalue weighted by atomic mass is 31.2. The van der Waals surface area contributed by atoms with E-state index >= 15 is 0 Å². The number of aliphatic hydroxyl groups is 1. The van der Waals surface area contributed by atoms with Gasteiger partial charge in [0.15, 0.2) is 12.2 Å². The number of unbranched alkanes of at least 4 members (excludes halogenated alkanes) is 44. The van der Waals surface area contributed by atoms with Crippen molar-refractivity contribution in [2.75, 3.05) is 39.6 Å². The van der Waals surface area contributed by atoms with Gasteiger partial charge in [0.05, 0.1) is 26.4 Å². The lowest BCUT2D eigenvalue weighted by Crippen LogP contribution is -2.30. The van der Waals surface area contributed by atoms with Crippen molar-refractivity contribution in [3.8, 4) is 0 Å². The molecule has 0 aromatic rings. The lowest BCUT2D eigenvalue weighted by molar-refractivity contribution is -0.161. The van der Waals surface area contributed by atoms with Gasteiger partial charge in [-0.15, -0.1) is 0 Å². The Hall–Kier alpha value is -1.94. The van der Waals surface area contributed by atoms with Gasteiger partial charge in [-0.05, 0) is 37.5 Å². The van der Waals surface area contributed by atoms with Gasteiger partial charge < -0.3 is 33.8 Å². The standard InChI is InChI=1S/C75H146O17P2/c1-7-9-11-13-15-16-17-18-19-20-21-22-23-24-29-32-35-41-47-53-59-74(79)91-71(64-86-73(78)58-52-46-40-34-31-28-26-25-27-30-33-38-43-49-55-67(3)4)66-90-94(83,84)88-62-69(76)61-87-93(81,82)89-65-70(63-85-72(77)57-51-45-37-14-12-10-8-2)92-75(80)60-54-48-42-36-39-44-50-56-68(5)6/h67-71,76H,7-66H2,1-6H3,(H,81,82)(H,83,84)/t69-,70+,71+/m0/s1. The predicted octanol–water partition coefficient (Wildman–Crippen LogP) is 21.9. The van der Waals surface area contributed by atoms with Crippen LogP contribution >= 0.6 is 15.6 Å². The summed E-state index contributed by atoms with van der Waals surface area (Å²) in [5, 5.41) is 10.6. The van der Waals surface area contributed by atoms with Crippen LogP contribution in [0.3, 0.4) is 0 Å². The summed E-state index contributed by atoms with van der Waals surface area (Å²) >= 11 is 0. The summed E-state index contributed by atoms with van der Waals surface area (Å²) in [6.45, 7) is 9.50. The van der Waals surface area contributed by atoms with E-state index in [2.05, 4.69) is 41.5 Å². The fourth-order valence-corrected chi connectivity index (χ4v) is 13.1. The van der Waals surface area contributed by atoms with E-state index in [-0.39, 0.29) is 25.7 Å². The van der Waals surface area contributed by atoms with Crippen LogP contribution in [-0.4, -0.2) is 96.7 Å². The number of aliphatic hydroxyl groups excluding tert-OH is 1. The van der Waals surface area contributed by atoms with Crippen molar-refractivity contribution in [1.82, 2.24) is 0 Å². The molecule has 3 N–H and O–H groups in total. The Bertz CT molecular complexity index is 1820. The Morgan fingerprint density at radius 3 is 0.723 bits per heavy atom. The molecule has 0 aromatic heterocycles. The van der Waals surface area contributed by atoms with Crippen molar-refractivity contribution < 1.29 is 80.2 Å². The van der Waals surface area contributed by atoms with E-state index in [1.54, 1.807) is 0 Å². The molecule has 0 bridgehead atoms. The number of rotatable bonds is 74. The van der Waals surface area contributed by atoms with Crippen molar-refractivity contribution in [2.45, 2.75) is 407 Å². The molecule has 0 heterocycles. The van der Waals surface area contributed by atoms with Crippen LogP contribution in [-0.2, 0) is 65.4 Å². The first-order chi connectivity index (χ1) is 45.4. The SMILES string of the molecule is CCCCCCCCCCCCCCCCCCCCCCC(=O)O[C@H](COC(=O)CCCCCCCCCCCCCCCCC(C)C)COP(=O)(O)OC[C@@H](O)COP(=O)(O)OC[C@@H](COC(=O)CCCCCCCCC)OC(=O)CCCCCCCCCC(C)C. The molecule has 0 fully saturated rings. The summed E-state index contributed by atoms with van der Waals surface area (Å²) < 4.78 is 68.3. The minimum Gasteiger partial charge on any atom is -0.462 e. The van der Waals surface area contributed by atoms with Crippen LogP contribution in [0.2, 0.25) is 0 Å². The third-order valence-corrected chi connectivity index (χ3v) is 19.4. The number of carbonyl (C=O) groups excluding carboxylic acids is 4. The monoisotopic (exact) mass is 1380 g/mol. The number of ether oxygens (including phenoxy) is 4. The number of phosphoric ester groups is 2. The molecule has 0 rings (SSSR count). The summed E-state index contributed by atoms with van der Waals surface area (Å²) in [6.07, 6.45) is 54.5. The molecule has 0 amide bonds. The van der Waals surface area contributed by atoms with E-state index in [0.717, 1.165) is 109 Å². The average molecular weight is 1380 g/mol. The fraction of sp³-hybridized carbons (Fsp3) is 0.947. The normalized spacial score (nSPS) is 14.0. The third-order valence-electron chi connectivity index (χ3n) is 17.5. The van der Waals surface area contributed by atoms with Crippen molar-refractivity contribution in [3.05, 3.63) is 0 Å². The van der Waals surface area contributed by atoms with Gasteiger partial charge in [-0.2, -0.15) is 0 Å². The molecular formula is C75H146O17P2. The molecule has 0 radical (unpaired) electrons. The first kappa shape index (κ1) is 92.1. The summed E-state index contributed by atoms with van der Waals surface area (Å²) in [7, 11) is -9.90. The Morgan fingerprint density at radius 2 is 0.489 bits per heavy atom. The van der Waals surface area contributed by atoms with Crippen LogP contribution in [0.25, 0.3) is 0 Å². The Kier molecular flexibility index (Phi) is 65.5. The second-order valence-electron chi connectivity index (χ2n) is 28.0. The van der Waals surface area contributed by atoms with E-state index < -0.39 is 97.5 Å². The predicted molar refractivity (Wildman–Crippen MR) is 381 cm³/mol. The summed E-state index contributed by atoms with van der Waals surface area (Å²) in [6, 6.07) is 0. The smallest absolute Gasteiger partial charge is 0.462 e. The van der Waals surface area contributed by atoms with Crippen LogP contribution in [0.1, 0.15) is 388 Å².